The molecule has 0 saturated heterocycles. The van der Waals surface area contributed by atoms with Gasteiger partial charge in [0.1, 0.15) is 11.2 Å². The molecule has 1 aliphatic rings. The number of carbonyl (C=O) groups excluding carboxylic acids is 1. The van der Waals surface area contributed by atoms with E-state index in [1.54, 1.807) is 11.0 Å². The Bertz CT molecular complexity index is 1560. The van der Waals surface area contributed by atoms with Crippen molar-refractivity contribution in [3.8, 4) is 5.69 Å². The number of halogens is 4. The van der Waals surface area contributed by atoms with Crippen LogP contribution in [0, 0.1) is 0 Å². The number of fused-ring (bicyclic) bond motifs is 2. The van der Waals surface area contributed by atoms with Crippen LogP contribution >= 0.6 is 23.2 Å². The van der Waals surface area contributed by atoms with Crippen molar-refractivity contribution < 1.29 is 13.6 Å². The summed E-state index contributed by atoms with van der Waals surface area (Å²) in [6.07, 6.45) is -1.13. The largest absolute Gasteiger partial charge is 0.338 e. The number of anilines is 2. The summed E-state index contributed by atoms with van der Waals surface area (Å²) in [7, 11) is 0. The molecule has 0 radical (unpaired) electrons. The van der Waals surface area contributed by atoms with Crippen molar-refractivity contribution in [2.24, 2.45) is 0 Å². The van der Waals surface area contributed by atoms with Crippen molar-refractivity contribution in [3.05, 3.63) is 79.8 Å². The van der Waals surface area contributed by atoms with Gasteiger partial charge in [0.05, 0.1) is 15.4 Å². The summed E-state index contributed by atoms with van der Waals surface area (Å²) in [6.45, 7) is 2.66. The van der Waals surface area contributed by atoms with Crippen LogP contribution in [0.1, 0.15) is 30.2 Å². The van der Waals surface area contributed by atoms with Crippen LogP contribution in [-0.2, 0) is 17.8 Å². The molecule has 0 fully saturated rings. The third kappa shape index (κ3) is 4.38. The maximum Gasteiger partial charge on any atom is 0.284 e. The fraction of sp³-hybridized carbons (Fsp3) is 0.208. The van der Waals surface area contributed by atoms with E-state index in [0.717, 1.165) is 28.4 Å². The van der Waals surface area contributed by atoms with Crippen molar-refractivity contribution in [3.63, 3.8) is 0 Å². The first-order valence-electron chi connectivity index (χ1n) is 10.9. The summed E-state index contributed by atoms with van der Waals surface area (Å²) >= 11 is 12.4. The number of amides is 1. The number of aromatic nitrogens is 4. The van der Waals surface area contributed by atoms with Crippen molar-refractivity contribution in [2.75, 3.05) is 11.9 Å². The van der Waals surface area contributed by atoms with Gasteiger partial charge in [-0.15, -0.1) is 0 Å². The van der Waals surface area contributed by atoms with Gasteiger partial charge >= 0.3 is 0 Å². The monoisotopic (exact) mass is 530 g/mol. The topological polar surface area (TPSA) is 93.0 Å². The second-order valence-corrected chi connectivity index (χ2v) is 9.04. The Morgan fingerprint density at radius 2 is 1.89 bits per heavy atom. The average molecular weight is 531 g/mol. The lowest BCUT2D eigenvalue weighted by atomic mass is 9.99. The SMILES string of the molecule is CC(=O)N1CCc2ccc(Nc3ncc4c(=O)n(-c5c(Cl)cccc5Cl)nc(C(F)F)c4n3)cc2C1. The van der Waals surface area contributed by atoms with Gasteiger partial charge in [0.25, 0.3) is 12.0 Å². The van der Waals surface area contributed by atoms with Crippen LogP contribution in [0.5, 0.6) is 0 Å². The number of hydrogen-bond donors (Lipinski definition) is 1. The number of nitrogens with one attached hydrogen (secondary N) is 1. The molecule has 1 amide bonds. The molecule has 4 aromatic rings. The highest BCUT2D eigenvalue weighted by Crippen LogP contribution is 2.30. The fourth-order valence-electron chi connectivity index (χ4n) is 4.13. The number of alkyl halides is 2. The first-order valence-corrected chi connectivity index (χ1v) is 11.7. The Morgan fingerprint density at radius 1 is 1.14 bits per heavy atom. The molecule has 0 atom stereocenters. The molecule has 0 spiro atoms. The van der Waals surface area contributed by atoms with E-state index in [0.29, 0.717) is 18.8 Å². The van der Waals surface area contributed by atoms with Gasteiger partial charge in [0.15, 0.2) is 5.69 Å². The number of carbonyl (C=O) groups is 1. The first kappa shape index (κ1) is 24.1. The Morgan fingerprint density at radius 3 is 2.58 bits per heavy atom. The first-order chi connectivity index (χ1) is 17.2. The van der Waals surface area contributed by atoms with E-state index >= 15 is 0 Å². The van der Waals surface area contributed by atoms with Crippen LogP contribution in [0.3, 0.4) is 0 Å². The molecule has 2 aromatic carbocycles. The highest BCUT2D eigenvalue weighted by Gasteiger charge is 2.23. The van der Waals surface area contributed by atoms with Crippen LogP contribution in [0.4, 0.5) is 20.4 Å². The zero-order chi connectivity index (χ0) is 25.6. The van der Waals surface area contributed by atoms with E-state index in [1.165, 1.54) is 19.1 Å². The molecule has 0 saturated carbocycles. The van der Waals surface area contributed by atoms with Crippen LogP contribution < -0.4 is 10.9 Å². The van der Waals surface area contributed by atoms with Gasteiger partial charge in [-0.1, -0.05) is 35.3 Å². The highest BCUT2D eigenvalue weighted by atomic mass is 35.5. The maximum absolute atomic E-state index is 14.0. The Labute approximate surface area is 213 Å². The summed E-state index contributed by atoms with van der Waals surface area (Å²) < 4.78 is 28.8. The number of benzene rings is 2. The summed E-state index contributed by atoms with van der Waals surface area (Å²) in [5.74, 6) is 0.00551. The van der Waals surface area contributed by atoms with Gasteiger partial charge < -0.3 is 10.2 Å². The van der Waals surface area contributed by atoms with Gasteiger partial charge in [-0.3, -0.25) is 9.59 Å². The minimum Gasteiger partial charge on any atom is -0.338 e. The predicted molar refractivity (Wildman–Crippen MR) is 132 cm³/mol. The van der Waals surface area contributed by atoms with Crippen molar-refractivity contribution >= 4 is 51.6 Å². The lowest BCUT2D eigenvalue weighted by Gasteiger charge is -2.28. The van der Waals surface area contributed by atoms with Crippen LogP contribution in [0.25, 0.3) is 16.6 Å². The molecule has 8 nitrogen and oxygen atoms in total. The zero-order valence-corrected chi connectivity index (χ0v) is 20.3. The van der Waals surface area contributed by atoms with Gasteiger partial charge in [-0.25, -0.2) is 18.7 Å². The number of hydrogen-bond acceptors (Lipinski definition) is 6. The number of para-hydroxylation sites is 1. The van der Waals surface area contributed by atoms with E-state index in [9.17, 15) is 18.4 Å². The van der Waals surface area contributed by atoms with Crippen molar-refractivity contribution in [2.45, 2.75) is 26.3 Å². The molecule has 12 heteroatoms. The van der Waals surface area contributed by atoms with E-state index in [2.05, 4.69) is 20.4 Å². The van der Waals surface area contributed by atoms with Gasteiger partial charge in [0, 0.05) is 31.9 Å². The highest BCUT2D eigenvalue weighted by molar-refractivity contribution is 6.37. The molecule has 1 N–H and O–H groups in total. The molecule has 2 aromatic heterocycles. The van der Waals surface area contributed by atoms with E-state index in [4.69, 9.17) is 23.2 Å². The van der Waals surface area contributed by atoms with Gasteiger partial charge in [-0.2, -0.15) is 9.78 Å². The Balaban J connectivity index is 1.56. The lowest BCUT2D eigenvalue weighted by Crippen LogP contribution is -2.34. The molecule has 0 aliphatic carbocycles. The second-order valence-electron chi connectivity index (χ2n) is 8.23. The zero-order valence-electron chi connectivity index (χ0n) is 18.8. The minimum absolute atomic E-state index is 0.00682. The predicted octanol–water partition coefficient (Wildman–Crippen LogP) is 5.07. The standard InChI is InChI=1S/C24H18Cl2F2N6O2/c1-12(35)33-8-7-13-5-6-15(9-14(13)11-33)30-24-29-10-16-19(31-24)20(22(27)28)32-34(23(16)36)21-17(25)3-2-4-18(21)26/h2-6,9-10,22H,7-8,11H2,1H3,(H,29,30,31). The molecular formula is C24H18Cl2F2N6O2. The quantitative estimate of drug-likeness (QED) is 0.396. The molecule has 36 heavy (non-hydrogen) atoms. The summed E-state index contributed by atoms with van der Waals surface area (Å²) in [6, 6.07) is 10.1. The molecule has 0 unspecified atom stereocenters. The van der Waals surface area contributed by atoms with Crippen molar-refractivity contribution in [1.82, 2.24) is 24.6 Å². The van der Waals surface area contributed by atoms with Gasteiger partial charge in [0.2, 0.25) is 11.9 Å². The number of nitrogens with zero attached hydrogens (tertiary/aromatic N) is 5. The number of rotatable bonds is 4. The normalized spacial score (nSPS) is 13.2. The third-order valence-corrected chi connectivity index (χ3v) is 6.55. The molecule has 3 heterocycles. The maximum atomic E-state index is 14.0. The summed E-state index contributed by atoms with van der Waals surface area (Å²) in [5, 5.41) is 6.83. The molecule has 5 rings (SSSR count). The molecule has 0 bridgehead atoms. The Kier molecular flexibility index (Phi) is 6.31. The third-order valence-electron chi connectivity index (χ3n) is 5.94. The lowest BCUT2D eigenvalue weighted by molar-refractivity contribution is -0.129. The summed E-state index contributed by atoms with van der Waals surface area (Å²) in [5.41, 5.74) is 0.958. The van der Waals surface area contributed by atoms with Crippen molar-refractivity contribution in [1.29, 1.82) is 0 Å². The second kappa shape index (κ2) is 9.44. The van der Waals surface area contributed by atoms with Gasteiger partial charge in [-0.05, 0) is 41.8 Å². The van der Waals surface area contributed by atoms with Crippen LogP contribution in [0.2, 0.25) is 10.0 Å². The van der Waals surface area contributed by atoms with Crippen LogP contribution in [-0.4, -0.2) is 37.1 Å². The van der Waals surface area contributed by atoms with E-state index < -0.39 is 17.7 Å². The molecule has 184 valence electrons. The molecule has 1 aliphatic heterocycles. The average Bonchev–Trinajstić information content (AvgIpc) is 2.84. The van der Waals surface area contributed by atoms with E-state index in [-0.39, 0.29) is 38.5 Å². The smallest absolute Gasteiger partial charge is 0.284 e. The minimum atomic E-state index is -3.04. The molecular weight excluding hydrogens is 513 g/mol. The summed E-state index contributed by atoms with van der Waals surface area (Å²) in [4.78, 5) is 35.0. The Hall–Kier alpha value is -3.63. The van der Waals surface area contributed by atoms with E-state index in [1.807, 2.05) is 18.2 Å². The van der Waals surface area contributed by atoms with Crippen LogP contribution in [0.15, 0.2) is 47.4 Å². The fourth-order valence-corrected chi connectivity index (χ4v) is 4.69.